The molecule has 0 spiro atoms. The predicted molar refractivity (Wildman–Crippen MR) is 24.5 cm³/mol. The van der Waals surface area contributed by atoms with Crippen LogP contribution in [0.2, 0.25) is 0 Å². The van der Waals surface area contributed by atoms with Crippen LogP contribution in [-0.2, 0) is 9.63 Å². The summed E-state index contributed by atoms with van der Waals surface area (Å²) in [6.45, 7) is -0.431. The maximum absolute atomic E-state index is 9.39. The van der Waals surface area contributed by atoms with Crippen molar-refractivity contribution in [2.75, 3.05) is 6.61 Å². The van der Waals surface area contributed by atoms with Crippen molar-refractivity contribution in [1.29, 1.82) is 0 Å². The Morgan fingerprint density at radius 2 is 2.29 bits per heavy atom. The van der Waals surface area contributed by atoms with Crippen LogP contribution in [-0.4, -0.2) is 17.7 Å². The van der Waals surface area contributed by atoms with Gasteiger partial charge in [0.1, 0.15) is 0 Å². The molecular formula is C3H9NO3. The number of nitrogens with two attached hydrogens (primary N) is 1. The van der Waals surface area contributed by atoms with Gasteiger partial charge in [-0.05, 0) is 0 Å². The third kappa shape index (κ3) is 10.8. The monoisotopic (exact) mass is 107 g/mol. The molecular weight excluding hydrogens is 98.0 g/mol. The molecule has 0 heterocycles. The van der Waals surface area contributed by atoms with E-state index in [0.29, 0.717) is 0 Å². The summed E-state index contributed by atoms with van der Waals surface area (Å²) in [7, 11) is 0. The van der Waals surface area contributed by atoms with Crippen molar-refractivity contribution in [2.24, 2.45) is 5.90 Å². The molecule has 3 N–H and O–H groups in total. The lowest BCUT2D eigenvalue weighted by molar-refractivity contribution is -0.142. The number of rotatable bonds is 2. The van der Waals surface area contributed by atoms with Crippen LogP contribution in [0.5, 0.6) is 0 Å². The zero-order chi connectivity index (χ0) is 4.99. The molecule has 7 heavy (non-hydrogen) atoms. The largest absolute Gasteiger partial charge is 0.479 e. The highest BCUT2D eigenvalue weighted by molar-refractivity contribution is 5.67. The Kier molecular flexibility index (Phi) is 7.42. The summed E-state index contributed by atoms with van der Waals surface area (Å²) >= 11 is 0. The van der Waals surface area contributed by atoms with Crippen LogP contribution in [0, 0.1) is 0 Å². The van der Waals surface area contributed by atoms with E-state index in [4.69, 9.17) is 5.11 Å². The van der Waals surface area contributed by atoms with Gasteiger partial charge in [-0.15, -0.1) is 0 Å². The summed E-state index contributed by atoms with van der Waals surface area (Å²) < 4.78 is 0. The highest BCUT2D eigenvalue weighted by Gasteiger charge is 1.88. The van der Waals surface area contributed by atoms with Gasteiger partial charge in [-0.1, -0.05) is 7.43 Å². The first-order valence-electron chi connectivity index (χ1n) is 1.31. The maximum atomic E-state index is 9.39. The Labute approximate surface area is 41.8 Å². The summed E-state index contributed by atoms with van der Waals surface area (Å²) in [6.07, 6.45) is 0. The number of carbonyl (C=O) groups is 1. The molecule has 0 unspecified atom stereocenters. The second kappa shape index (κ2) is 5.39. The van der Waals surface area contributed by atoms with E-state index in [1.165, 1.54) is 0 Å². The Hall–Kier alpha value is -0.610. The molecule has 0 radical (unpaired) electrons. The Morgan fingerprint density at radius 1 is 1.86 bits per heavy atom. The molecule has 4 heteroatoms. The van der Waals surface area contributed by atoms with Crippen molar-refractivity contribution >= 4 is 5.97 Å². The number of carboxylic acid groups (broad SMARTS) is 1. The van der Waals surface area contributed by atoms with Crippen molar-refractivity contribution in [1.82, 2.24) is 0 Å². The third-order valence-electron chi connectivity index (χ3n) is 0.207. The van der Waals surface area contributed by atoms with Crippen LogP contribution in [0.3, 0.4) is 0 Å². The first-order chi connectivity index (χ1) is 2.77. The lowest BCUT2D eigenvalue weighted by Gasteiger charge is -1.83. The number of carboxylic acids is 1. The first-order valence-corrected chi connectivity index (χ1v) is 1.31. The van der Waals surface area contributed by atoms with Crippen molar-refractivity contribution < 1.29 is 14.7 Å². The van der Waals surface area contributed by atoms with Crippen LogP contribution in [0.15, 0.2) is 0 Å². The molecule has 0 saturated carbocycles. The second-order valence-corrected chi connectivity index (χ2v) is 0.705. The van der Waals surface area contributed by atoms with Gasteiger partial charge in [0, 0.05) is 0 Å². The molecule has 44 valence electrons. The Balaban J connectivity index is 0. The average molecular weight is 107 g/mol. The lowest BCUT2D eigenvalue weighted by Crippen LogP contribution is -2.10. The van der Waals surface area contributed by atoms with Gasteiger partial charge in [-0.3, -0.25) is 4.84 Å². The van der Waals surface area contributed by atoms with E-state index in [1.807, 2.05) is 0 Å². The smallest absolute Gasteiger partial charge is 0.331 e. The van der Waals surface area contributed by atoms with Crippen molar-refractivity contribution in [2.45, 2.75) is 7.43 Å². The van der Waals surface area contributed by atoms with Crippen LogP contribution < -0.4 is 5.90 Å². The predicted octanol–water partition coefficient (Wildman–Crippen LogP) is -0.403. The summed E-state index contributed by atoms with van der Waals surface area (Å²) in [6, 6.07) is 0. The molecule has 0 aliphatic carbocycles. The second-order valence-electron chi connectivity index (χ2n) is 0.705. The van der Waals surface area contributed by atoms with E-state index in [-0.39, 0.29) is 7.43 Å². The van der Waals surface area contributed by atoms with Crippen LogP contribution in [0.4, 0.5) is 0 Å². The van der Waals surface area contributed by atoms with Crippen molar-refractivity contribution in [3.63, 3.8) is 0 Å². The molecule has 0 saturated heterocycles. The highest BCUT2D eigenvalue weighted by atomic mass is 16.6. The van der Waals surface area contributed by atoms with Gasteiger partial charge in [0.2, 0.25) is 0 Å². The van der Waals surface area contributed by atoms with E-state index in [2.05, 4.69) is 10.7 Å². The van der Waals surface area contributed by atoms with Gasteiger partial charge in [0.15, 0.2) is 6.61 Å². The molecule has 0 amide bonds. The fourth-order valence-electron chi connectivity index (χ4n) is 0.0713. The minimum atomic E-state index is -1.06. The zero-order valence-corrected chi connectivity index (χ0v) is 3.05. The molecule has 0 aromatic rings. The van der Waals surface area contributed by atoms with E-state index < -0.39 is 12.6 Å². The van der Waals surface area contributed by atoms with Crippen LogP contribution in [0.1, 0.15) is 7.43 Å². The Morgan fingerprint density at radius 3 is 2.29 bits per heavy atom. The topological polar surface area (TPSA) is 72.5 Å². The molecule has 4 nitrogen and oxygen atoms in total. The van der Waals surface area contributed by atoms with Crippen molar-refractivity contribution in [3.8, 4) is 0 Å². The summed E-state index contributed by atoms with van der Waals surface area (Å²) in [5, 5.41) is 7.71. The fourth-order valence-corrected chi connectivity index (χ4v) is 0.0713. The van der Waals surface area contributed by atoms with Crippen LogP contribution in [0.25, 0.3) is 0 Å². The third-order valence-corrected chi connectivity index (χ3v) is 0.207. The van der Waals surface area contributed by atoms with Gasteiger partial charge in [-0.2, -0.15) is 0 Å². The fraction of sp³-hybridized carbons (Fsp3) is 0.667. The maximum Gasteiger partial charge on any atom is 0.331 e. The molecule has 0 bridgehead atoms. The molecule has 0 aliphatic rings. The Bertz CT molecular complexity index is 54.1. The van der Waals surface area contributed by atoms with Crippen molar-refractivity contribution in [3.05, 3.63) is 0 Å². The summed E-state index contributed by atoms with van der Waals surface area (Å²) in [5.74, 6) is 3.29. The molecule has 0 fully saturated rings. The van der Waals surface area contributed by atoms with Gasteiger partial charge in [0.05, 0.1) is 0 Å². The van der Waals surface area contributed by atoms with Gasteiger partial charge >= 0.3 is 5.97 Å². The zero-order valence-electron chi connectivity index (χ0n) is 3.05. The van der Waals surface area contributed by atoms with E-state index >= 15 is 0 Å². The molecule has 0 aliphatic heterocycles. The number of hydrogen-bond acceptors (Lipinski definition) is 3. The van der Waals surface area contributed by atoms with Gasteiger partial charge < -0.3 is 5.11 Å². The quantitative estimate of drug-likeness (QED) is 0.471. The molecule has 0 atom stereocenters. The summed E-state index contributed by atoms with van der Waals surface area (Å²) in [5.41, 5.74) is 0. The molecule has 0 aromatic heterocycles. The average Bonchev–Trinajstić information content (AvgIpc) is 1.35. The van der Waals surface area contributed by atoms with Gasteiger partial charge in [-0.25, -0.2) is 10.7 Å². The highest BCUT2D eigenvalue weighted by Crippen LogP contribution is 1.57. The van der Waals surface area contributed by atoms with E-state index in [9.17, 15) is 4.79 Å². The minimum Gasteiger partial charge on any atom is -0.479 e. The lowest BCUT2D eigenvalue weighted by atomic mass is 10.8. The molecule has 0 rings (SSSR count). The van der Waals surface area contributed by atoms with Gasteiger partial charge in [0.25, 0.3) is 0 Å². The first kappa shape index (κ1) is 9.63. The summed E-state index contributed by atoms with van der Waals surface area (Å²) in [4.78, 5) is 13.1. The number of aliphatic carboxylic acids is 1. The minimum absolute atomic E-state index is 0. The SMILES string of the molecule is C.NOCC(=O)O. The standard InChI is InChI=1S/C2H5NO3.CH4/c3-6-1-2(4)5;/h1,3H2,(H,4,5);1H4. The normalized spacial score (nSPS) is 7.00. The van der Waals surface area contributed by atoms with Crippen LogP contribution >= 0.6 is 0 Å². The van der Waals surface area contributed by atoms with E-state index in [0.717, 1.165) is 0 Å². The number of hydrogen-bond donors (Lipinski definition) is 2. The molecule has 0 aromatic carbocycles. The van der Waals surface area contributed by atoms with E-state index in [1.54, 1.807) is 0 Å².